The summed E-state index contributed by atoms with van der Waals surface area (Å²) in [5.41, 5.74) is 3.65. The van der Waals surface area contributed by atoms with Gasteiger partial charge >= 0.3 is 0 Å². The van der Waals surface area contributed by atoms with E-state index in [1.165, 1.54) is 15.8 Å². The van der Waals surface area contributed by atoms with Gasteiger partial charge in [-0.1, -0.05) is 12.1 Å². The first-order valence-corrected chi connectivity index (χ1v) is 10.0. The Kier molecular flexibility index (Phi) is 5.12. The zero-order chi connectivity index (χ0) is 19.0. The monoisotopic (exact) mass is 385 g/mol. The van der Waals surface area contributed by atoms with E-state index in [0.29, 0.717) is 11.7 Å². The average Bonchev–Trinajstić information content (AvgIpc) is 3.36. The zero-order valence-electron chi connectivity index (χ0n) is 15.9. The molecule has 1 atom stereocenters. The Balaban J connectivity index is 1.75. The maximum Gasteiger partial charge on any atom is 0.148 e. The summed E-state index contributed by atoms with van der Waals surface area (Å²) in [6.45, 7) is 6.57. The molecule has 1 aliphatic heterocycles. The second kappa shape index (κ2) is 7.54. The van der Waals surface area contributed by atoms with Crippen LogP contribution in [0.25, 0.3) is 16.9 Å². The standard InChI is InChI=1S/C21H24FN3OS/c1-14-10-18(15(2)27-14)21-16(11-24(3)17-8-9-26-13-17)12-25(23-21)20-7-5-4-6-19(20)22/h4-7,10,12,17H,8-9,11,13H2,1-3H3. The highest BCUT2D eigenvalue weighted by Gasteiger charge is 2.23. The molecule has 0 N–H and O–H groups in total. The molecular formula is C21H24FN3OS. The van der Waals surface area contributed by atoms with Gasteiger partial charge in [-0.3, -0.25) is 4.90 Å². The number of hydrogen-bond acceptors (Lipinski definition) is 4. The van der Waals surface area contributed by atoms with Gasteiger partial charge in [0.25, 0.3) is 0 Å². The predicted molar refractivity (Wildman–Crippen MR) is 107 cm³/mol. The van der Waals surface area contributed by atoms with E-state index >= 15 is 0 Å². The molecule has 6 heteroatoms. The number of rotatable bonds is 5. The van der Waals surface area contributed by atoms with Crippen molar-refractivity contribution >= 4 is 11.3 Å². The largest absolute Gasteiger partial charge is 0.380 e. The Hall–Kier alpha value is -2.02. The molecule has 3 heterocycles. The first kappa shape index (κ1) is 18.3. The minimum Gasteiger partial charge on any atom is -0.380 e. The second-order valence-electron chi connectivity index (χ2n) is 7.16. The van der Waals surface area contributed by atoms with Gasteiger partial charge in [-0.05, 0) is 45.5 Å². The van der Waals surface area contributed by atoms with E-state index in [1.54, 1.807) is 28.2 Å². The van der Waals surface area contributed by atoms with Crippen LogP contribution in [0, 0.1) is 19.7 Å². The van der Waals surface area contributed by atoms with Crippen LogP contribution in [-0.4, -0.2) is 41.0 Å². The van der Waals surface area contributed by atoms with E-state index in [1.807, 2.05) is 12.3 Å². The summed E-state index contributed by atoms with van der Waals surface area (Å²) in [6, 6.07) is 9.36. The van der Waals surface area contributed by atoms with Crippen molar-refractivity contribution in [3.63, 3.8) is 0 Å². The van der Waals surface area contributed by atoms with Gasteiger partial charge in [0.05, 0.1) is 12.3 Å². The second-order valence-corrected chi connectivity index (χ2v) is 8.62. The van der Waals surface area contributed by atoms with E-state index in [0.717, 1.165) is 43.0 Å². The fraction of sp³-hybridized carbons (Fsp3) is 0.381. The average molecular weight is 386 g/mol. The molecule has 3 aromatic rings. The van der Waals surface area contributed by atoms with Gasteiger partial charge in [-0.15, -0.1) is 11.3 Å². The Bertz CT molecular complexity index is 943. The molecule has 0 spiro atoms. The number of nitrogens with zero attached hydrogens (tertiary/aromatic N) is 3. The van der Waals surface area contributed by atoms with Crippen molar-refractivity contribution in [1.29, 1.82) is 0 Å². The van der Waals surface area contributed by atoms with E-state index in [9.17, 15) is 4.39 Å². The number of halogens is 1. The van der Waals surface area contributed by atoms with Crippen LogP contribution in [0.2, 0.25) is 0 Å². The summed E-state index contributed by atoms with van der Waals surface area (Å²) in [6.07, 6.45) is 3.01. The van der Waals surface area contributed by atoms with Crippen LogP contribution in [-0.2, 0) is 11.3 Å². The summed E-state index contributed by atoms with van der Waals surface area (Å²) >= 11 is 1.77. The minimum absolute atomic E-state index is 0.270. The number of aromatic nitrogens is 2. The number of aryl methyl sites for hydroxylation is 2. The Morgan fingerprint density at radius 2 is 2.15 bits per heavy atom. The first-order chi connectivity index (χ1) is 13.0. The molecule has 1 fully saturated rings. The van der Waals surface area contributed by atoms with E-state index in [-0.39, 0.29) is 5.82 Å². The van der Waals surface area contributed by atoms with Crippen LogP contribution in [0.4, 0.5) is 4.39 Å². The molecule has 0 amide bonds. The van der Waals surface area contributed by atoms with Crippen LogP contribution in [0.15, 0.2) is 36.5 Å². The molecule has 0 bridgehead atoms. The lowest BCUT2D eigenvalue weighted by Crippen LogP contribution is -2.31. The van der Waals surface area contributed by atoms with Gasteiger partial charge in [0.15, 0.2) is 0 Å². The molecule has 1 aromatic carbocycles. The number of benzene rings is 1. The molecule has 142 valence electrons. The topological polar surface area (TPSA) is 30.3 Å². The molecule has 4 rings (SSSR count). The smallest absolute Gasteiger partial charge is 0.148 e. The van der Waals surface area contributed by atoms with E-state index < -0.39 is 0 Å². The van der Waals surface area contributed by atoms with E-state index in [4.69, 9.17) is 9.84 Å². The lowest BCUT2D eigenvalue weighted by molar-refractivity contribution is 0.156. The van der Waals surface area contributed by atoms with Crippen molar-refractivity contribution in [1.82, 2.24) is 14.7 Å². The van der Waals surface area contributed by atoms with E-state index in [2.05, 4.69) is 31.9 Å². The molecule has 1 unspecified atom stereocenters. The van der Waals surface area contributed by atoms with Crippen LogP contribution in [0.1, 0.15) is 21.7 Å². The highest BCUT2D eigenvalue weighted by molar-refractivity contribution is 7.12. The van der Waals surface area contributed by atoms with Gasteiger partial charge in [-0.25, -0.2) is 9.07 Å². The van der Waals surface area contributed by atoms with Crippen LogP contribution >= 0.6 is 11.3 Å². The lowest BCUT2D eigenvalue weighted by Gasteiger charge is -2.22. The molecule has 27 heavy (non-hydrogen) atoms. The van der Waals surface area contributed by atoms with Crippen molar-refractivity contribution in [2.75, 3.05) is 20.3 Å². The third-order valence-corrected chi connectivity index (χ3v) is 6.10. The molecule has 0 saturated carbocycles. The third-order valence-electron chi connectivity index (χ3n) is 5.13. The Morgan fingerprint density at radius 3 is 2.81 bits per heavy atom. The highest BCUT2D eigenvalue weighted by atomic mass is 32.1. The summed E-state index contributed by atoms with van der Waals surface area (Å²) in [7, 11) is 2.12. The summed E-state index contributed by atoms with van der Waals surface area (Å²) < 4.78 is 21.5. The van der Waals surface area contributed by atoms with Crippen molar-refractivity contribution in [3.8, 4) is 16.9 Å². The number of likely N-dealkylation sites (N-methyl/N-ethyl adjacent to an activating group) is 1. The quantitative estimate of drug-likeness (QED) is 0.644. The van der Waals surface area contributed by atoms with Crippen LogP contribution in [0.5, 0.6) is 0 Å². The third kappa shape index (κ3) is 3.70. The van der Waals surface area contributed by atoms with Crippen LogP contribution in [0.3, 0.4) is 0 Å². The molecule has 0 aliphatic carbocycles. The maximum absolute atomic E-state index is 14.3. The van der Waals surface area contributed by atoms with Gasteiger partial charge < -0.3 is 4.74 Å². The Labute approximate surface area is 163 Å². The van der Waals surface area contributed by atoms with Crippen molar-refractivity contribution in [2.24, 2.45) is 0 Å². The zero-order valence-corrected chi connectivity index (χ0v) is 16.7. The highest BCUT2D eigenvalue weighted by Crippen LogP contribution is 2.33. The normalized spacial score (nSPS) is 17.1. The summed E-state index contributed by atoms with van der Waals surface area (Å²) in [5.74, 6) is -0.270. The van der Waals surface area contributed by atoms with Crippen LogP contribution < -0.4 is 0 Å². The molecule has 4 nitrogen and oxygen atoms in total. The Morgan fingerprint density at radius 1 is 1.33 bits per heavy atom. The number of thiophene rings is 1. The van der Waals surface area contributed by atoms with Crippen molar-refractivity contribution < 1.29 is 9.13 Å². The SMILES string of the molecule is Cc1cc(-c2nn(-c3ccccc3F)cc2CN(C)C2CCOC2)c(C)s1. The molecule has 1 aliphatic rings. The summed E-state index contributed by atoms with van der Waals surface area (Å²) in [5, 5.41) is 4.79. The number of ether oxygens (including phenoxy) is 1. The first-order valence-electron chi connectivity index (χ1n) is 9.22. The maximum atomic E-state index is 14.3. The van der Waals surface area contributed by atoms with Gasteiger partial charge in [-0.2, -0.15) is 5.10 Å². The number of hydrogen-bond donors (Lipinski definition) is 0. The lowest BCUT2D eigenvalue weighted by atomic mass is 10.1. The fourth-order valence-electron chi connectivity index (χ4n) is 3.65. The van der Waals surface area contributed by atoms with Gasteiger partial charge in [0, 0.05) is 46.3 Å². The van der Waals surface area contributed by atoms with Gasteiger partial charge in [0.1, 0.15) is 11.5 Å². The number of para-hydroxylation sites is 1. The van der Waals surface area contributed by atoms with Crippen molar-refractivity contribution in [2.45, 2.75) is 32.9 Å². The minimum atomic E-state index is -0.270. The molecule has 2 aromatic heterocycles. The van der Waals surface area contributed by atoms with Gasteiger partial charge in [0.2, 0.25) is 0 Å². The molecule has 0 radical (unpaired) electrons. The predicted octanol–water partition coefficient (Wildman–Crippen LogP) is 4.58. The van der Waals surface area contributed by atoms with Crippen molar-refractivity contribution in [3.05, 3.63) is 57.7 Å². The molecule has 1 saturated heterocycles. The summed E-state index contributed by atoms with van der Waals surface area (Å²) in [4.78, 5) is 4.80. The molecular weight excluding hydrogens is 361 g/mol. The fourth-order valence-corrected chi connectivity index (χ4v) is 4.57.